The Morgan fingerprint density at radius 3 is 2.17 bits per heavy atom. The van der Waals surface area contributed by atoms with E-state index in [2.05, 4.69) is 39.2 Å². The number of nitrogens with zero attached hydrogens (tertiary/aromatic N) is 2. The average molecular weight is 411 g/mol. The average Bonchev–Trinajstić information content (AvgIpc) is 3.23. The van der Waals surface area contributed by atoms with Crippen LogP contribution in [0.1, 0.15) is 5.82 Å². The molecule has 30 heavy (non-hydrogen) atoms. The third kappa shape index (κ3) is 3.65. The van der Waals surface area contributed by atoms with Gasteiger partial charge in [-0.2, -0.15) is 0 Å². The molecular formula is C24H18N4OS. The van der Waals surface area contributed by atoms with Crippen LogP contribution >= 0.6 is 11.8 Å². The highest BCUT2D eigenvalue weighted by Crippen LogP contribution is 2.33. The molecule has 0 atom stereocenters. The number of para-hydroxylation sites is 1. The number of aromatic amines is 2. The predicted octanol–water partition coefficient (Wildman–Crippen LogP) is 5.27. The topological polar surface area (TPSA) is 74.4 Å². The van der Waals surface area contributed by atoms with E-state index in [0.29, 0.717) is 22.5 Å². The number of nitrogens with one attached hydrogen (secondary N) is 2. The van der Waals surface area contributed by atoms with Gasteiger partial charge in [-0.05, 0) is 12.1 Å². The molecule has 2 aromatic heterocycles. The first-order chi connectivity index (χ1) is 14.8. The molecule has 5 rings (SSSR count). The first-order valence-electron chi connectivity index (χ1n) is 9.59. The van der Waals surface area contributed by atoms with Crippen LogP contribution in [0.2, 0.25) is 0 Å². The van der Waals surface area contributed by atoms with Crippen LogP contribution in [-0.2, 0) is 5.75 Å². The van der Waals surface area contributed by atoms with Crippen LogP contribution in [0.25, 0.3) is 33.4 Å². The third-order valence-electron chi connectivity index (χ3n) is 4.80. The summed E-state index contributed by atoms with van der Waals surface area (Å²) >= 11 is 1.52. The van der Waals surface area contributed by atoms with Crippen molar-refractivity contribution in [3.63, 3.8) is 0 Å². The Hall–Kier alpha value is -3.64. The Balaban J connectivity index is 1.48. The van der Waals surface area contributed by atoms with Crippen LogP contribution in [0.3, 0.4) is 0 Å². The Morgan fingerprint density at radius 1 is 0.733 bits per heavy atom. The molecule has 0 saturated carbocycles. The Morgan fingerprint density at radius 2 is 1.40 bits per heavy atom. The van der Waals surface area contributed by atoms with Gasteiger partial charge < -0.3 is 9.97 Å². The van der Waals surface area contributed by atoms with E-state index in [9.17, 15) is 4.79 Å². The lowest BCUT2D eigenvalue weighted by Gasteiger charge is -2.02. The van der Waals surface area contributed by atoms with Crippen LogP contribution in [0.5, 0.6) is 0 Å². The lowest BCUT2D eigenvalue weighted by molar-refractivity contribution is 1.02. The largest absolute Gasteiger partial charge is 0.332 e. The van der Waals surface area contributed by atoms with Crippen molar-refractivity contribution in [2.45, 2.75) is 10.9 Å². The zero-order valence-corrected chi connectivity index (χ0v) is 16.8. The van der Waals surface area contributed by atoms with Crippen LogP contribution < -0.4 is 5.56 Å². The first-order valence-corrected chi connectivity index (χ1v) is 10.6. The number of hydrogen-bond donors (Lipinski definition) is 2. The fourth-order valence-corrected chi connectivity index (χ4v) is 4.12. The zero-order valence-electron chi connectivity index (χ0n) is 16.0. The summed E-state index contributed by atoms with van der Waals surface area (Å²) in [7, 11) is 0. The number of imidazole rings is 1. The summed E-state index contributed by atoms with van der Waals surface area (Å²) in [4.78, 5) is 28.1. The Bertz CT molecular complexity index is 1300. The monoisotopic (exact) mass is 410 g/mol. The molecule has 0 fully saturated rings. The minimum absolute atomic E-state index is 0.120. The molecule has 0 aliphatic carbocycles. The van der Waals surface area contributed by atoms with Crippen molar-refractivity contribution >= 4 is 22.7 Å². The molecule has 0 saturated heterocycles. The fourth-order valence-electron chi connectivity index (χ4n) is 3.38. The van der Waals surface area contributed by atoms with Crippen LogP contribution in [0, 0.1) is 0 Å². The van der Waals surface area contributed by atoms with Gasteiger partial charge in [0.15, 0.2) is 5.16 Å². The summed E-state index contributed by atoms with van der Waals surface area (Å²) in [5.41, 5.74) is 4.59. The van der Waals surface area contributed by atoms with Gasteiger partial charge in [0.05, 0.1) is 28.0 Å². The second-order valence-electron chi connectivity index (χ2n) is 6.82. The van der Waals surface area contributed by atoms with Crippen molar-refractivity contribution in [3.8, 4) is 22.5 Å². The van der Waals surface area contributed by atoms with E-state index in [1.807, 2.05) is 54.6 Å². The molecule has 0 bridgehead atoms. The van der Waals surface area contributed by atoms with E-state index >= 15 is 0 Å². The van der Waals surface area contributed by atoms with E-state index in [0.717, 1.165) is 27.7 Å². The lowest BCUT2D eigenvalue weighted by atomic mass is 10.1. The van der Waals surface area contributed by atoms with Crippen LogP contribution in [0.15, 0.2) is 94.9 Å². The predicted molar refractivity (Wildman–Crippen MR) is 121 cm³/mol. The highest BCUT2D eigenvalue weighted by atomic mass is 32.2. The van der Waals surface area contributed by atoms with Crippen molar-refractivity contribution in [1.29, 1.82) is 0 Å². The van der Waals surface area contributed by atoms with Crippen LogP contribution in [0.4, 0.5) is 0 Å². The van der Waals surface area contributed by atoms with E-state index < -0.39 is 0 Å². The number of H-pyrrole nitrogens is 2. The number of thioether (sulfide) groups is 1. The minimum Gasteiger partial charge on any atom is -0.332 e. The van der Waals surface area contributed by atoms with Crippen molar-refractivity contribution in [3.05, 3.63) is 101 Å². The lowest BCUT2D eigenvalue weighted by Crippen LogP contribution is -2.11. The summed E-state index contributed by atoms with van der Waals surface area (Å²) in [6, 6.07) is 27.6. The molecule has 0 aliphatic rings. The molecule has 5 nitrogen and oxygen atoms in total. The summed E-state index contributed by atoms with van der Waals surface area (Å²) < 4.78 is 0. The second kappa shape index (κ2) is 8.00. The Labute approximate surface area is 177 Å². The minimum atomic E-state index is -0.120. The molecule has 0 spiro atoms. The van der Waals surface area contributed by atoms with Crippen molar-refractivity contribution < 1.29 is 0 Å². The molecule has 3 aromatic carbocycles. The van der Waals surface area contributed by atoms with E-state index in [4.69, 9.17) is 4.98 Å². The van der Waals surface area contributed by atoms with Crippen molar-refractivity contribution in [2.75, 3.05) is 0 Å². The summed E-state index contributed by atoms with van der Waals surface area (Å²) in [6.45, 7) is 0. The molecule has 2 heterocycles. The quantitative estimate of drug-likeness (QED) is 0.387. The molecule has 0 aliphatic heterocycles. The van der Waals surface area contributed by atoms with Crippen molar-refractivity contribution in [2.24, 2.45) is 0 Å². The molecule has 5 aromatic rings. The number of rotatable bonds is 5. The van der Waals surface area contributed by atoms with Gasteiger partial charge in [-0.1, -0.05) is 84.6 Å². The first kappa shape index (κ1) is 18.4. The maximum absolute atomic E-state index is 12.3. The zero-order chi connectivity index (χ0) is 20.3. The van der Waals surface area contributed by atoms with Gasteiger partial charge in [0.1, 0.15) is 5.82 Å². The highest BCUT2D eigenvalue weighted by Gasteiger charge is 2.15. The standard InChI is InChI=1S/C24H18N4OS/c29-23-18-13-7-8-14-19(18)25-20(26-23)15-30-24-27-21(16-9-3-1-4-10-16)22(28-24)17-11-5-2-6-12-17/h1-14H,15H2,(H,27,28)(H,25,26,29). The van der Waals surface area contributed by atoms with Gasteiger partial charge in [0, 0.05) is 11.1 Å². The van der Waals surface area contributed by atoms with Crippen LogP contribution in [-0.4, -0.2) is 19.9 Å². The fraction of sp³-hybridized carbons (Fsp3) is 0.0417. The van der Waals surface area contributed by atoms with E-state index in [-0.39, 0.29) is 5.56 Å². The summed E-state index contributed by atoms with van der Waals surface area (Å²) in [6.07, 6.45) is 0. The third-order valence-corrected chi connectivity index (χ3v) is 5.68. The van der Waals surface area contributed by atoms with Gasteiger partial charge in [0.2, 0.25) is 0 Å². The summed E-state index contributed by atoms with van der Waals surface area (Å²) in [5.74, 6) is 1.14. The molecule has 146 valence electrons. The normalized spacial score (nSPS) is 11.1. The smallest absolute Gasteiger partial charge is 0.258 e. The summed E-state index contributed by atoms with van der Waals surface area (Å²) in [5, 5.41) is 1.38. The van der Waals surface area contributed by atoms with Gasteiger partial charge in [0.25, 0.3) is 5.56 Å². The number of aromatic nitrogens is 4. The molecule has 0 unspecified atom stereocenters. The maximum Gasteiger partial charge on any atom is 0.258 e. The second-order valence-corrected chi connectivity index (χ2v) is 7.78. The van der Waals surface area contributed by atoms with Gasteiger partial charge in [-0.15, -0.1) is 0 Å². The molecule has 0 radical (unpaired) electrons. The van der Waals surface area contributed by atoms with Gasteiger partial charge in [-0.3, -0.25) is 4.79 Å². The van der Waals surface area contributed by atoms with E-state index in [1.54, 1.807) is 6.07 Å². The number of benzene rings is 3. The molecule has 0 amide bonds. The molecule has 6 heteroatoms. The van der Waals surface area contributed by atoms with Crippen molar-refractivity contribution in [1.82, 2.24) is 19.9 Å². The number of fused-ring (bicyclic) bond motifs is 1. The van der Waals surface area contributed by atoms with Gasteiger partial charge >= 0.3 is 0 Å². The highest BCUT2D eigenvalue weighted by molar-refractivity contribution is 7.98. The SMILES string of the molecule is O=c1[nH]c(CSc2nc(-c3ccccc3)c(-c3ccccc3)[nH]2)nc2ccccc12. The maximum atomic E-state index is 12.3. The Kier molecular flexibility index (Phi) is 4.91. The number of hydrogen-bond acceptors (Lipinski definition) is 4. The molecule has 2 N–H and O–H groups in total. The van der Waals surface area contributed by atoms with E-state index in [1.165, 1.54) is 11.8 Å². The van der Waals surface area contributed by atoms with Gasteiger partial charge in [-0.25, -0.2) is 9.97 Å². The molecular weight excluding hydrogens is 392 g/mol.